The first-order valence-electron chi connectivity index (χ1n) is 9.79. The van der Waals surface area contributed by atoms with E-state index in [2.05, 4.69) is 10.3 Å². The molecule has 1 atom stereocenters. The molecule has 0 spiro atoms. The topological polar surface area (TPSA) is 79.4 Å². The van der Waals surface area contributed by atoms with Crippen molar-refractivity contribution < 1.29 is 14.4 Å². The molecular formula is C23H20ClN3O3S. The lowest BCUT2D eigenvalue weighted by Gasteiger charge is -2.27. The Morgan fingerprint density at radius 1 is 1.03 bits per heavy atom. The molecule has 0 aliphatic carbocycles. The zero-order chi connectivity index (χ0) is 22.3. The van der Waals surface area contributed by atoms with Crippen molar-refractivity contribution in [1.82, 2.24) is 9.88 Å². The van der Waals surface area contributed by atoms with Crippen molar-refractivity contribution in [3.63, 3.8) is 0 Å². The van der Waals surface area contributed by atoms with Crippen LogP contribution in [0.2, 0.25) is 5.02 Å². The number of hydrogen-bond donors (Lipinski definition) is 1. The first kappa shape index (κ1) is 21.2. The Morgan fingerprint density at radius 2 is 1.61 bits per heavy atom. The van der Waals surface area contributed by atoms with Crippen LogP contribution in [0.5, 0.6) is 0 Å². The summed E-state index contributed by atoms with van der Waals surface area (Å²) in [7, 11) is 0. The second kappa shape index (κ2) is 8.24. The van der Waals surface area contributed by atoms with Crippen LogP contribution in [0, 0.1) is 12.8 Å². The van der Waals surface area contributed by atoms with Crippen LogP contribution >= 0.6 is 22.9 Å². The number of rotatable bonds is 5. The molecule has 1 aromatic heterocycles. The van der Waals surface area contributed by atoms with Crippen molar-refractivity contribution in [2.75, 3.05) is 5.32 Å². The Morgan fingerprint density at radius 3 is 2.16 bits per heavy atom. The normalized spacial score (nSPS) is 14.2. The Bertz CT molecular complexity index is 1150. The zero-order valence-electron chi connectivity index (χ0n) is 17.2. The van der Waals surface area contributed by atoms with Gasteiger partial charge >= 0.3 is 0 Å². The maximum atomic E-state index is 13.2. The van der Waals surface area contributed by atoms with Gasteiger partial charge in [0.05, 0.1) is 16.8 Å². The van der Waals surface area contributed by atoms with Gasteiger partial charge < -0.3 is 5.32 Å². The van der Waals surface area contributed by atoms with E-state index in [4.69, 9.17) is 11.6 Å². The number of carbonyl (C=O) groups excluding carboxylic acids is 3. The Labute approximate surface area is 188 Å². The number of anilines is 1. The van der Waals surface area contributed by atoms with E-state index in [1.165, 1.54) is 11.3 Å². The number of nitrogens with one attached hydrogen (secondary N) is 1. The third-order valence-corrected chi connectivity index (χ3v) is 6.29. The minimum atomic E-state index is -0.949. The third kappa shape index (κ3) is 3.86. The predicted molar refractivity (Wildman–Crippen MR) is 121 cm³/mol. The molecule has 0 radical (unpaired) electrons. The number of nitrogens with zero attached hydrogens (tertiary/aromatic N) is 2. The number of halogens is 1. The molecule has 158 valence electrons. The fourth-order valence-electron chi connectivity index (χ4n) is 3.68. The Balaban J connectivity index is 1.60. The second-order valence-corrected chi connectivity index (χ2v) is 9.27. The Hall–Kier alpha value is -3.03. The molecule has 3 aromatic rings. The molecule has 8 heteroatoms. The molecule has 0 bridgehead atoms. The number of carbonyl (C=O) groups is 3. The van der Waals surface area contributed by atoms with Crippen LogP contribution < -0.4 is 5.32 Å². The molecule has 31 heavy (non-hydrogen) atoms. The smallest absolute Gasteiger partial charge is 0.262 e. The summed E-state index contributed by atoms with van der Waals surface area (Å²) in [5.41, 5.74) is 2.28. The lowest BCUT2D eigenvalue weighted by atomic mass is 10.0. The van der Waals surface area contributed by atoms with Crippen molar-refractivity contribution in [2.45, 2.75) is 26.8 Å². The highest BCUT2D eigenvalue weighted by molar-refractivity contribution is 7.16. The van der Waals surface area contributed by atoms with Crippen LogP contribution in [0.3, 0.4) is 0 Å². The molecule has 3 amide bonds. The van der Waals surface area contributed by atoms with Gasteiger partial charge in [-0.05, 0) is 37.1 Å². The molecule has 1 N–H and O–H groups in total. The summed E-state index contributed by atoms with van der Waals surface area (Å²) in [4.78, 5) is 45.5. The van der Waals surface area contributed by atoms with Gasteiger partial charge in [-0.15, -0.1) is 11.3 Å². The maximum absolute atomic E-state index is 13.2. The van der Waals surface area contributed by atoms with Gasteiger partial charge in [0.25, 0.3) is 11.8 Å². The lowest BCUT2D eigenvalue weighted by molar-refractivity contribution is -0.121. The molecule has 4 rings (SSSR count). The van der Waals surface area contributed by atoms with Gasteiger partial charge in [0.1, 0.15) is 6.04 Å². The van der Waals surface area contributed by atoms with Crippen LogP contribution in [-0.2, 0) is 4.79 Å². The molecular weight excluding hydrogens is 434 g/mol. The van der Waals surface area contributed by atoms with Gasteiger partial charge in [0, 0.05) is 15.5 Å². The van der Waals surface area contributed by atoms with E-state index in [1.807, 2.05) is 19.1 Å². The van der Waals surface area contributed by atoms with Crippen molar-refractivity contribution in [3.05, 3.63) is 69.6 Å². The highest BCUT2D eigenvalue weighted by Gasteiger charge is 2.44. The fraction of sp³-hybridized carbons (Fsp3) is 0.217. The van der Waals surface area contributed by atoms with E-state index in [0.717, 1.165) is 21.0 Å². The molecule has 1 aliphatic rings. The molecule has 0 fully saturated rings. The van der Waals surface area contributed by atoms with Gasteiger partial charge in [0.2, 0.25) is 5.91 Å². The van der Waals surface area contributed by atoms with E-state index >= 15 is 0 Å². The average molecular weight is 454 g/mol. The zero-order valence-corrected chi connectivity index (χ0v) is 18.8. The van der Waals surface area contributed by atoms with Gasteiger partial charge in [-0.1, -0.05) is 49.7 Å². The summed E-state index contributed by atoms with van der Waals surface area (Å²) in [5, 5.41) is 3.85. The number of hydrogen-bond acceptors (Lipinski definition) is 5. The van der Waals surface area contributed by atoms with Crippen molar-refractivity contribution in [3.8, 4) is 11.3 Å². The predicted octanol–water partition coefficient (Wildman–Crippen LogP) is 5.03. The van der Waals surface area contributed by atoms with Gasteiger partial charge in [-0.2, -0.15) is 0 Å². The number of aryl methyl sites for hydroxylation is 1. The first-order valence-corrected chi connectivity index (χ1v) is 11.0. The average Bonchev–Trinajstić information content (AvgIpc) is 3.21. The molecule has 0 saturated heterocycles. The van der Waals surface area contributed by atoms with Gasteiger partial charge in [0.15, 0.2) is 5.13 Å². The van der Waals surface area contributed by atoms with E-state index < -0.39 is 23.8 Å². The number of imide groups is 1. The number of thiazole rings is 1. The minimum absolute atomic E-state index is 0.279. The highest BCUT2D eigenvalue weighted by Crippen LogP contribution is 2.32. The van der Waals surface area contributed by atoms with Crippen LogP contribution in [0.1, 0.15) is 39.4 Å². The molecule has 2 aromatic carbocycles. The summed E-state index contributed by atoms with van der Waals surface area (Å²) < 4.78 is 0. The fourth-order valence-corrected chi connectivity index (χ4v) is 4.65. The summed E-state index contributed by atoms with van der Waals surface area (Å²) >= 11 is 7.30. The van der Waals surface area contributed by atoms with Crippen molar-refractivity contribution in [1.29, 1.82) is 0 Å². The number of aromatic nitrogens is 1. The van der Waals surface area contributed by atoms with Crippen molar-refractivity contribution >= 4 is 45.8 Å². The SMILES string of the molecule is Cc1sc(NC(=O)C(C(C)C)N2C(=O)c3ccccc3C2=O)nc1-c1ccc(Cl)cc1. The Kier molecular flexibility index (Phi) is 5.64. The van der Waals surface area contributed by atoms with E-state index in [1.54, 1.807) is 50.2 Å². The van der Waals surface area contributed by atoms with Crippen LogP contribution in [0.25, 0.3) is 11.3 Å². The van der Waals surface area contributed by atoms with Crippen molar-refractivity contribution in [2.24, 2.45) is 5.92 Å². The monoisotopic (exact) mass is 453 g/mol. The van der Waals surface area contributed by atoms with E-state index in [-0.39, 0.29) is 5.92 Å². The van der Waals surface area contributed by atoms with Gasteiger partial charge in [-0.25, -0.2) is 4.98 Å². The summed E-state index contributed by atoms with van der Waals surface area (Å²) in [6, 6.07) is 13.0. The summed E-state index contributed by atoms with van der Waals surface area (Å²) in [6.07, 6.45) is 0. The quantitative estimate of drug-likeness (QED) is 0.549. The van der Waals surface area contributed by atoms with Crippen LogP contribution in [0.15, 0.2) is 48.5 Å². The lowest BCUT2D eigenvalue weighted by Crippen LogP contribution is -2.50. The minimum Gasteiger partial charge on any atom is -0.300 e. The summed E-state index contributed by atoms with van der Waals surface area (Å²) in [6.45, 7) is 5.53. The maximum Gasteiger partial charge on any atom is 0.262 e. The van der Waals surface area contributed by atoms with E-state index in [0.29, 0.717) is 21.3 Å². The third-order valence-electron chi connectivity index (χ3n) is 5.15. The molecule has 2 heterocycles. The van der Waals surface area contributed by atoms with Crippen LogP contribution in [0.4, 0.5) is 5.13 Å². The summed E-state index contributed by atoms with van der Waals surface area (Å²) in [5.74, 6) is -1.63. The second-order valence-electron chi connectivity index (χ2n) is 7.63. The largest absolute Gasteiger partial charge is 0.300 e. The van der Waals surface area contributed by atoms with Gasteiger partial charge in [-0.3, -0.25) is 19.3 Å². The van der Waals surface area contributed by atoms with E-state index in [9.17, 15) is 14.4 Å². The molecule has 6 nitrogen and oxygen atoms in total. The standard InChI is InChI=1S/C23H20ClN3O3S/c1-12(2)19(27-21(29)16-6-4-5-7-17(16)22(27)30)20(28)26-23-25-18(13(3)31-23)14-8-10-15(24)11-9-14/h4-12,19H,1-3H3,(H,25,26,28). The molecule has 1 aliphatic heterocycles. The molecule has 0 saturated carbocycles. The number of benzene rings is 2. The molecule has 1 unspecified atom stereocenters. The highest BCUT2D eigenvalue weighted by atomic mass is 35.5. The van der Waals surface area contributed by atoms with Crippen LogP contribution in [-0.4, -0.2) is 33.6 Å². The number of fused-ring (bicyclic) bond motifs is 1. The number of amides is 3. The first-order chi connectivity index (χ1) is 14.8.